The van der Waals surface area contributed by atoms with E-state index in [9.17, 15) is 0 Å². The minimum atomic E-state index is 0.852. The molecule has 1 saturated heterocycles. The Hall–Kier alpha value is -0.300. The Kier molecular flexibility index (Phi) is 2.50. The molecular formula is C11H19N. The number of nitrogens with one attached hydrogen (secondary N) is 1. The van der Waals surface area contributed by atoms with Crippen LogP contribution < -0.4 is 5.32 Å². The predicted molar refractivity (Wildman–Crippen MR) is 52.1 cm³/mol. The van der Waals surface area contributed by atoms with Crippen molar-refractivity contribution in [2.75, 3.05) is 13.1 Å². The fourth-order valence-electron chi connectivity index (χ4n) is 2.16. The molecule has 68 valence electrons. The summed E-state index contributed by atoms with van der Waals surface area (Å²) in [5.74, 6) is 1.79. The molecule has 1 unspecified atom stereocenters. The molecule has 0 radical (unpaired) electrons. The minimum absolute atomic E-state index is 0.852. The van der Waals surface area contributed by atoms with Crippen molar-refractivity contribution in [1.29, 1.82) is 0 Å². The second-order valence-electron chi connectivity index (χ2n) is 4.29. The van der Waals surface area contributed by atoms with Crippen molar-refractivity contribution in [1.82, 2.24) is 5.32 Å². The van der Waals surface area contributed by atoms with Crippen molar-refractivity contribution < 1.29 is 0 Å². The van der Waals surface area contributed by atoms with Crippen LogP contribution in [-0.2, 0) is 0 Å². The van der Waals surface area contributed by atoms with Gasteiger partial charge in [0.25, 0.3) is 0 Å². The van der Waals surface area contributed by atoms with Crippen molar-refractivity contribution >= 4 is 0 Å². The molecule has 12 heavy (non-hydrogen) atoms. The van der Waals surface area contributed by atoms with Crippen LogP contribution in [0.5, 0.6) is 0 Å². The Bertz CT molecular complexity index is 173. The molecule has 0 aromatic heterocycles. The van der Waals surface area contributed by atoms with E-state index in [1.54, 1.807) is 5.57 Å². The van der Waals surface area contributed by atoms with Crippen molar-refractivity contribution in [3.8, 4) is 0 Å². The van der Waals surface area contributed by atoms with Gasteiger partial charge in [0, 0.05) is 6.54 Å². The van der Waals surface area contributed by atoms with E-state index in [0.717, 1.165) is 11.8 Å². The predicted octanol–water partition coefficient (Wildman–Crippen LogP) is 2.34. The molecule has 2 aliphatic rings. The lowest BCUT2D eigenvalue weighted by atomic mass is 9.82. The van der Waals surface area contributed by atoms with E-state index in [0.29, 0.717) is 0 Å². The van der Waals surface area contributed by atoms with Crippen molar-refractivity contribution in [3.63, 3.8) is 0 Å². The van der Waals surface area contributed by atoms with Crippen molar-refractivity contribution in [2.45, 2.75) is 32.6 Å². The molecule has 1 atom stereocenters. The van der Waals surface area contributed by atoms with Crippen LogP contribution in [0.15, 0.2) is 11.6 Å². The van der Waals surface area contributed by atoms with E-state index < -0.39 is 0 Å². The molecule has 1 N–H and O–H groups in total. The van der Waals surface area contributed by atoms with Crippen LogP contribution in [0.25, 0.3) is 0 Å². The van der Waals surface area contributed by atoms with E-state index in [-0.39, 0.29) is 0 Å². The maximum atomic E-state index is 3.42. The van der Waals surface area contributed by atoms with Gasteiger partial charge in [-0.05, 0) is 44.6 Å². The van der Waals surface area contributed by atoms with Gasteiger partial charge in [-0.2, -0.15) is 0 Å². The van der Waals surface area contributed by atoms with Crippen molar-refractivity contribution in [3.05, 3.63) is 11.6 Å². The topological polar surface area (TPSA) is 12.0 Å². The highest BCUT2D eigenvalue weighted by atomic mass is 14.9. The van der Waals surface area contributed by atoms with Crippen LogP contribution in [0.1, 0.15) is 32.6 Å². The Balaban J connectivity index is 1.88. The van der Waals surface area contributed by atoms with E-state index in [4.69, 9.17) is 0 Å². The number of allylic oxidation sites excluding steroid dienone is 1. The van der Waals surface area contributed by atoms with Crippen LogP contribution in [-0.4, -0.2) is 13.1 Å². The van der Waals surface area contributed by atoms with Gasteiger partial charge in [0.05, 0.1) is 0 Å². The summed E-state index contributed by atoms with van der Waals surface area (Å²) < 4.78 is 0. The third-order valence-corrected chi connectivity index (χ3v) is 3.35. The SMILES string of the molecule is C/C(=C/C1CCC1)C1CCNC1. The van der Waals surface area contributed by atoms with E-state index >= 15 is 0 Å². The van der Waals surface area contributed by atoms with Crippen molar-refractivity contribution in [2.24, 2.45) is 11.8 Å². The first-order valence-electron chi connectivity index (χ1n) is 5.25. The number of hydrogen-bond donors (Lipinski definition) is 1. The zero-order chi connectivity index (χ0) is 8.39. The Morgan fingerprint density at radius 2 is 2.17 bits per heavy atom. The first kappa shape index (κ1) is 8.31. The number of hydrogen-bond acceptors (Lipinski definition) is 1. The quantitative estimate of drug-likeness (QED) is 0.619. The summed E-state index contributed by atoms with van der Waals surface area (Å²) >= 11 is 0. The highest BCUT2D eigenvalue weighted by molar-refractivity contribution is 5.09. The van der Waals surface area contributed by atoms with Gasteiger partial charge in [-0.3, -0.25) is 0 Å². The minimum Gasteiger partial charge on any atom is -0.316 e. The molecule has 1 heteroatoms. The second kappa shape index (κ2) is 3.61. The summed E-state index contributed by atoms with van der Waals surface area (Å²) in [7, 11) is 0. The molecule has 2 fully saturated rings. The van der Waals surface area contributed by atoms with Gasteiger partial charge in [-0.25, -0.2) is 0 Å². The van der Waals surface area contributed by atoms with E-state index in [1.807, 2.05) is 0 Å². The summed E-state index contributed by atoms with van der Waals surface area (Å²) in [4.78, 5) is 0. The first-order valence-corrected chi connectivity index (χ1v) is 5.25. The molecule has 1 heterocycles. The largest absolute Gasteiger partial charge is 0.316 e. The third kappa shape index (κ3) is 1.71. The number of rotatable bonds is 2. The van der Waals surface area contributed by atoms with E-state index in [1.165, 1.54) is 38.8 Å². The van der Waals surface area contributed by atoms with Crippen LogP contribution in [0.3, 0.4) is 0 Å². The molecule has 1 aliphatic carbocycles. The van der Waals surface area contributed by atoms with E-state index in [2.05, 4.69) is 18.3 Å². The summed E-state index contributed by atoms with van der Waals surface area (Å²) in [5.41, 5.74) is 1.64. The van der Waals surface area contributed by atoms with Crippen LogP contribution in [0, 0.1) is 11.8 Å². The van der Waals surface area contributed by atoms with Gasteiger partial charge in [-0.1, -0.05) is 18.1 Å². The van der Waals surface area contributed by atoms with Crippen LogP contribution in [0.2, 0.25) is 0 Å². The molecule has 0 bridgehead atoms. The lowest BCUT2D eigenvalue weighted by Crippen LogP contribution is -2.12. The fraction of sp³-hybridized carbons (Fsp3) is 0.818. The van der Waals surface area contributed by atoms with Gasteiger partial charge in [0.15, 0.2) is 0 Å². The Morgan fingerprint density at radius 3 is 2.67 bits per heavy atom. The summed E-state index contributed by atoms with van der Waals surface area (Å²) in [6, 6.07) is 0. The van der Waals surface area contributed by atoms with Gasteiger partial charge >= 0.3 is 0 Å². The molecule has 1 nitrogen and oxygen atoms in total. The summed E-state index contributed by atoms with van der Waals surface area (Å²) in [6.07, 6.45) is 8.22. The lowest BCUT2D eigenvalue weighted by molar-refractivity contribution is 0.383. The normalized spacial score (nSPS) is 32.1. The smallest absolute Gasteiger partial charge is 0.00172 e. The molecule has 0 amide bonds. The molecule has 0 spiro atoms. The zero-order valence-electron chi connectivity index (χ0n) is 7.97. The standard InChI is InChI=1S/C11H19N/c1-9(7-10-3-2-4-10)11-5-6-12-8-11/h7,10-12H,2-6,8H2,1H3/b9-7-. The summed E-state index contributed by atoms with van der Waals surface area (Å²) in [5, 5.41) is 3.42. The van der Waals surface area contributed by atoms with Gasteiger partial charge in [0.1, 0.15) is 0 Å². The van der Waals surface area contributed by atoms with Gasteiger partial charge in [-0.15, -0.1) is 0 Å². The maximum absolute atomic E-state index is 3.42. The molecule has 0 aromatic rings. The van der Waals surface area contributed by atoms with Gasteiger partial charge < -0.3 is 5.32 Å². The van der Waals surface area contributed by atoms with Crippen LogP contribution in [0.4, 0.5) is 0 Å². The Morgan fingerprint density at radius 1 is 1.33 bits per heavy atom. The lowest BCUT2D eigenvalue weighted by Gasteiger charge is -2.23. The zero-order valence-corrected chi connectivity index (χ0v) is 7.97. The molecule has 1 saturated carbocycles. The average molecular weight is 165 g/mol. The third-order valence-electron chi connectivity index (χ3n) is 3.35. The Labute approximate surface area is 75.2 Å². The monoisotopic (exact) mass is 165 g/mol. The molecule has 2 rings (SSSR count). The average Bonchev–Trinajstić information content (AvgIpc) is 2.47. The summed E-state index contributed by atoms with van der Waals surface area (Å²) in [6.45, 7) is 4.76. The first-order chi connectivity index (χ1) is 5.86. The van der Waals surface area contributed by atoms with Crippen LogP contribution >= 0.6 is 0 Å². The fourth-order valence-corrected chi connectivity index (χ4v) is 2.16. The van der Waals surface area contributed by atoms with Gasteiger partial charge in [0.2, 0.25) is 0 Å². The second-order valence-corrected chi connectivity index (χ2v) is 4.29. The molecule has 1 aliphatic heterocycles. The molecular weight excluding hydrogens is 146 g/mol. The maximum Gasteiger partial charge on any atom is 0.00172 e. The molecule has 0 aromatic carbocycles. The highest BCUT2D eigenvalue weighted by Crippen LogP contribution is 2.30. The highest BCUT2D eigenvalue weighted by Gasteiger charge is 2.19.